The van der Waals surface area contributed by atoms with Crippen LogP contribution >= 0.6 is 11.3 Å². The maximum absolute atomic E-state index is 8.72. The van der Waals surface area contributed by atoms with Gasteiger partial charge in [0.05, 0.1) is 29.3 Å². The molecule has 0 radical (unpaired) electrons. The first-order valence-electron chi connectivity index (χ1n) is 6.01. The molecule has 100 valence electrons. The van der Waals surface area contributed by atoms with Gasteiger partial charge in [-0.3, -0.25) is 0 Å². The van der Waals surface area contributed by atoms with Gasteiger partial charge in [-0.2, -0.15) is 5.26 Å². The highest BCUT2D eigenvalue weighted by Gasteiger charge is 2.12. The molecule has 0 bridgehead atoms. The molecule has 0 unspecified atom stereocenters. The summed E-state index contributed by atoms with van der Waals surface area (Å²) in [6.45, 7) is 2.01. The van der Waals surface area contributed by atoms with E-state index in [9.17, 15) is 0 Å². The fourth-order valence-corrected chi connectivity index (χ4v) is 2.82. The molecule has 1 aromatic heterocycles. The van der Waals surface area contributed by atoms with Crippen molar-refractivity contribution >= 4 is 32.4 Å². The molecule has 2 N–H and O–H groups in total. The quantitative estimate of drug-likeness (QED) is 0.819. The highest BCUT2D eigenvalue weighted by Crippen LogP contribution is 2.30. The van der Waals surface area contributed by atoms with Crippen LogP contribution in [0.15, 0.2) is 18.2 Å². The summed E-state index contributed by atoms with van der Waals surface area (Å²) in [5, 5.41) is 9.63. The van der Waals surface area contributed by atoms with Gasteiger partial charge in [0, 0.05) is 25.9 Å². The number of ether oxygens (including phenoxy) is 1. The van der Waals surface area contributed by atoms with E-state index in [1.54, 1.807) is 18.4 Å². The van der Waals surface area contributed by atoms with Crippen LogP contribution in [0, 0.1) is 11.3 Å². The molecule has 0 fully saturated rings. The van der Waals surface area contributed by atoms with Gasteiger partial charge in [-0.1, -0.05) is 11.3 Å². The summed E-state index contributed by atoms with van der Waals surface area (Å²) in [5.74, 6) is 0. The lowest BCUT2D eigenvalue weighted by molar-refractivity contribution is 0.205. The van der Waals surface area contributed by atoms with Crippen LogP contribution in [0.4, 0.5) is 10.8 Å². The average Bonchev–Trinajstić information content (AvgIpc) is 2.81. The van der Waals surface area contributed by atoms with Crippen LogP contribution < -0.4 is 10.6 Å². The van der Waals surface area contributed by atoms with Crippen LogP contribution in [-0.4, -0.2) is 31.8 Å². The van der Waals surface area contributed by atoms with Gasteiger partial charge in [0.15, 0.2) is 5.13 Å². The summed E-state index contributed by atoms with van der Waals surface area (Å²) in [7, 11) is 1.67. The summed E-state index contributed by atoms with van der Waals surface area (Å²) in [6, 6.07) is 7.86. The summed E-state index contributed by atoms with van der Waals surface area (Å²) < 4.78 is 6.16. The van der Waals surface area contributed by atoms with Crippen molar-refractivity contribution in [1.82, 2.24) is 4.98 Å². The van der Waals surface area contributed by atoms with Gasteiger partial charge in [0.2, 0.25) is 0 Å². The van der Waals surface area contributed by atoms with Crippen molar-refractivity contribution in [1.29, 1.82) is 5.26 Å². The normalized spacial score (nSPS) is 10.5. The topological polar surface area (TPSA) is 75.2 Å². The molecule has 0 aliphatic rings. The smallest absolute Gasteiger partial charge is 0.186 e. The molecule has 0 amide bonds. The number of nitrogens with two attached hydrogens (primary N) is 1. The molecule has 0 spiro atoms. The molecule has 0 saturated carbocycles. The van der Waals surface area contributed by atoms with Gasteiger partial charge < -0.3 is 15.4 Å². The minimum absolute atomic E-state index is 0.474. The molecule has 0 aliphatic heterocycles. The number of rotatable bonds is 6. The number of methoxy groups -OCH3 is 1. The van der Waals surface area contributed by atoms with Crippen molar-refractivity contribution in [3.8, 4) is 6.07 Å². The SMILES string of the molecule is COCCN(CCC#N)c1nc2ccc(N)cc2s1. The summed E-state index contributed by atoms with van der Waals surface area (Å²) in [6.07, 6.45) is 0.474. The second kappa shape index (κ2) is 6.36. The van der Waals surface area contributed by atoms with E-state index in [1.165, 1.54) is 0 Å². The Balaban J connectivity index is 2.24. The van der Waals surface area contributed by atoms with E-state index in [1.807, 2.05) is 18.2 Å². The van der Waals surface area contributed by atoms with E-state index in [4.69, 9.17) is 15.7 Å². The van der Waals surface area contributed by atoms with E-state index in [2.05, 4.69) is 16.0 Å². The number of thiazole rings is 1. The molecule has 0 saturated heterocycles. The molecule has 0 aliphatic carbocycles. The van der Waals surface area contributed by atoms with Crippen LogP contribution in [0.1, 0.15) is 6.42 Å². The number of nitriles is 1. The Kier molecular flexibility index (Phi) is 4.55. The molecule has 2 aromatic rings. The highest BCUT2D eigenvalue weighted by atomic mass is 32.1. The summed E-state index contributed by atoms with van der Waals surface area (Å²) in [5.41, 5.74) is 7.45. The third-order valence-electron chi connectivity index (χ3n) is 2.73. The number of hydrogen-bond donors (Lipinski definition) is 1. The lowest BCUT2D eigenvalue weighted by atomic mass is 10.3. The monoisotopic (exact) mass is 276 g/mol. The fraction of sp³-hybridized carbons (Fsp3) is 0.385. The molecule has 0 atom stereocenters. The Hall–Kier alpha value is -1.84. The Morgan fingerprint density at radius 3 is 3.05 bits per heavy atom. The third-order valence-corrected chi connectivity index (χ3v) is 3.81. The van der Waals surface area contributed by atoms with Crippen molar-refractivity contribution < 1.29 is 4.74 Å². The summed E-state index contributed by atoms with van der Waals surface area (Å²) in [4.78, 5) is 6.66. The highest BCUT2D eigenvalue weighted by molar-refractivity contribution is 7.22. The molecule has 6 heteroatoms. The van der Waals surface area contributed by atoms with E-state index in [-0.39, 0.29) is 0 Å². The lowest BCUT2D eigenvalue weighted by Gasteiger charge is -2.19. The minimum atomic E-state index is 0.474. The molecular weight excluding hydrogens is 260 g/mol. The molecule has 19 heavy (non-hydrogen) atoms. The number of anilines is 2. The Bertz CT molecular complexity index is 590. The Morgan fingerprint density at radius 1 is 1.47 bits per heavy atom. The molecule has 5 nitrogen and oxygen atoms in total. The standard InChI is InChI=1S/C13H16N4OS/c1-18-8-7-17(6-2-5-14)13-16-11-4-3-10(15)9-12(11)19-13/h3-4,9H,2,6-8,15H2,1H3. The number of benzene rings is 1. The van der Waals surface area contributed by atoms with Crippen molar-refractivity contribution in [3.63, 3.8) is 0 Å². The van der Waals surface area contributed by atoms with E-state index < -0.39 is 0 Å². The number of nitrogens with zero attached hydrogens (tertiary/aromatic N) is 3. The second-order valence-electron chi connectivity index (χ2n) is 4.11. The predicted octanol–water partition coefficient (Wildman–Crippen LogP) is 2.24. The average molecular weight is 276 g/mol. The van der Waals surface area contributed by atoms with Crippen LogP contribution in [0.3, 0.4) is 0 Å². The van der Waals surface area contributed by atoms with Crippen LogP contribution in [-0.2, 0) is 4.74 Å². The van der Waals surface area contributed by atoms with Crippen LogP contribution in [0.25, 0.3) is 10.2 Å². The largest absolute Gasteiger partial charge is 0.399 e. The first kappa shape index (κ1) is 13.6. The summed E-state index contributed by atoms with van der Waals surface area (Å²) >= 11 is 1.59. The zero-order chi connectivity index (χ0) is 13.7. The van der Waals surface area contributed by atoms with E-state index in [0.717, 1.165) is 27.6 Å². The van der Waals surface area contributed by atoms with Crippen molar-refractivity contribution in [2.75, 3.05) is 37.4 Å². The van der Waals surface area contributed by atoms with Gasteiger partial charge in [-0.15, -0.1) is 0 Å². The predicted molar refractivity (Wildman–Crippen MR) is 78.4 cm³/mol. The Morgan fingerprint density at radius 2 is 2.32 bits per heavy atom. The van der Waals surface area contributed by atoms with E-state index >= 15 is 0 Å². The van der Waals surface area contributed by atoms with E-state index in [0.29, 0.717) is 19.6 Å². The van der Waals surface area contributed by atoms with Crippen molar-refractivity contribution in [2.24, 2.45) is 0 Å². The first-order chi connectivity index (χ1) is 9.24. The fourth-order valence-electron chi connectivity index (χ4n) is 1.75. The maximum atomic E-state index is 8.72. The van der Waals surface area contributed by atoms with Crippen molar-refractivity contribution in [3.05, 3.63) is 18.2 Å². The van der Waals surface area contributed by atoms with Gasteiger partial charge in [0.1, 0.15) is 0 Å². The number of nitrogen functional groups attached to an aromatic ring is 1. The van der Waals surface area contributed by atoms with Gasteiger partial charge in [-0.05, 0) is 18.2 Å². The lowest BCUT2D eigenvalue weighted by Crippen LogP contribution is -2.27. The number of hydrogen-bond acceptors (Lipinski definition) is 6. The third kappa shape index (κ3) is 3.34. The van der Waals surface area contributed by atoms with Gasteiger partial charge >= 0.3 is 0 Å². The minimum Gasteiger partial charge on any atom is -0.399 e. The molecule has 1 heterocycles. The molecule has 1 aromatic carbocycles. The van der Waals surface area contributed by atoms with Crippen LogP contribution in [0.2, 0.25) is 0 Å². The Labute approximate surface area is 116 Å². The van der Waals surface area contributed by atoms with Crippen LogP contribution in [0.5, 0.6) is 0 Å². The van der Waals surface area contributed by atoms with Gasteiger partial charge in [-0.25, -0.2) is 4.98 Å². The number of aromatic nitrogens is 1. The molecule has 2 rings (SSSR count). The zero-order valence-electron chi connectivity index (χ0n) is 10.8. The van der Waals surface area contributed by atoms with Gasteiger partial charge in [0.25, 0.3) is 0 Å². The molecular formula is C13H16N4OS. The second-order valence-corrected chi connectivity index (χ2v) is 5.12. The maximum Gasteiger partial charge on any atom is 0.186 e. The first-order valence-corrected chi connectivity index (χ1v) is 6.83. The number of fused-ring (bicyclic) bond motifs is 1. The zero-order valence-corrected chi connectivity index (χ0v) is 11.6. The van der Waals surface area contributed by atoms with Crippen molar-refractivity contribution in [2.45, 2.75) is 6.42 Å².